The summed E-state index contributed by atoms with van der Waals surface area (Å²) < 4.78 is 6.62. The molecule has 3 fully saturated rings. The molecule has 1 unspecified atom stereocenters. The van der Waals surface area contributed by atoms with Crippen LogP contribution < -0.4 is 0 Å². The number of ether oxygens (including phenoxy) is 1. The van der Waals surface area contributed by atoms with Crippen LogP contribution in [0.1, 0.15) is 46.8 Å². The van der Waals surface area contributed by atoms with Gasteiger partial charge in [-0.3, -0.25) is 14.5 Å². The van der Waals surface area contributed by atoms with Crippen molar-refractivity contribution in [2.45, 2.75) is 31.6 Å². The van der Waals surface area contributed by atoms with Crippen molar-refractivity contribution in [1.29, 1.82) is 0 Å². The zero-order valence-electron chi connectivity index (χ0n) is 18.1. The van der Waals surface area contributed by atoms with Crippen molar-refractivity contribution < 1.29 is 14.3 Å². The number of carbonyl (C=O) groups excluding carboxylic acids is 2. The van der Waals surface area contributed by atoms with Crippen LogP contribution >= 0.6 is 11.3 Å². The summed E-state index contributed by atoms with van der Waals surface area (Å²) in [4.78, 5) is 33.3. The Morgan fingerprint density at radius 2 is 1.74 bits per heavy atom. The molecule has 5 rings (SSSR count). The highest BCUT2D eigenvalue weighted by Crippen LogP contribution is 2.40. The molecule has 0 spiro atoms. The van der Waals surface area contributed by atoms with Gasteiger partial charge in [-0.2, -0.15) is 0 Å². The van der Waals surface area contributed by atoms with Crippen molar-refractivity contribution in [1.82, 2.24) is 14.7 Å². The molecule has 6 nitrogen and oxygen atoms in total. The Morgan fingerprint density at radius 3 is 2.55 bits per heavy atom. The second kappa shape index (κ2) is 9.27. The predicted octanol–water partition coefficient (Wildman–Crippen LogP) is 3.18. The Labute approximate surface area is 187 Å². The fourth-order valence-electron chi connectivity index (χ4n) is 5.19. The van der Waals surface area contributed by atoms with Gasteiger partial charge in [0.1, 0.15) is 0 Å². The minimum Gasteiger partial charge on any atom is -0.378 e. The number of nitrogens with zero attached hydrogens (tertiary/aromatic N) is 3. The number of rotatable bonds is 4. The van der Waals surface area contributed by atoms with Crippen LogP contribution in [0.3, 0.4) is 0 Å². The molecule has 0 N–H and O–H groups in total. The van der Waals surface area contributed by atoms with Crippen molar-refractivity contribution in [3.63, 3.8) is 0 Å². The number of likely N-dealkylation sites (tertiary alicyclic amines) is 2. The molecule has 1 aromatic carbocycles. The molecule has 3 aliphatic rings. The Morgan fingerprint density at radius 1 is 0.968 bits per heavy atom. The molecular weight excluding hydrogens is 410 g/mol. The van der Waals surface area contributed by atoms with Crippen molar-refractivity contribution in [3.8, 4) is 0 Å². The maximum atomic E-state index is 13.4. The van der Waals surface area contributed by atoms with Gasteiger partial charge in [-0.05, 0) is 49.2 Å². The average Bonchev–Trinajstić information content (AvgIpc) is 3.44. The maximum absolute atomic E-state index is 13.4. The molecule has 3 aliphatic heterocycles. The standard InChI is InChI=1S/C24H31N3O3S/c28-21(26-9-4-1-5-10-26)17-25-11-8-18(16-25)22-19-6-2-3-7-20(19)31-23(22)24(29)27-12-14-30-15-13-27/h2-3,6-7,18H,1,4-5,8-17H2. The van der Waals surface area contributed by atoms with Crippen LogP contribution in [0.25, 0.3) is 10.1 Å². The van der Waals surface area contributed by atoms with Gasteiger partial charge in [0.05, 0.1) is 24.6 Å². The topological polar surface area (TPSA) is 53.1 Å². The van der Waals surface area contributed by atoms with E-state index in [1.807, 2.05) is 15.9 Å². The molecule has 0 saturated carbocycles. The summed E-state index contributed by atoms with van der Waals surface area (Å²) in [6, 6.07) is 8.38. The quantitative estimate of drug-likeness (QED) is 0.731. The molecule has 2 aromatic rings. The zero-order valence-corrected chi connectivity index (χ0v) is 18.9. The number of fused-ring (bicyclic) bond motifs is 1. The minimum absolute atomic E-state index is 0.141. The number of carbonyl (C=O) groups is 2. The lowest BCUT2D eigenvalue weighted by molar-refractivity contribution is -0.133. The third-order valence-corrected chi connectivity index (χ3v) is 8.05. The largest absolute Gasteiger partial charge is 0.378 e. The number of benzene rings is 1. The predicted molar refractivity (Wildman–Crippen MR) is 123 cm³/mol. The molecule has 7 heteroatoms. The molecule has 2 amide bonds. The van der Waals surface area contributed by atoms with Gasteiger partial charge in [0.2, 0.25) is 5.91 Å². The van der Waals surface area contributed by atoms with Gasteiger partial charge < -0.3 is 14.5 Å². The minimum atomic E-state index is 0.141. The highest BCUT2D eigenvalue weighted by molar-refractivity contribution is 7.21. The summed E-state index contributed by atoms with van der Waals surface area (Å²) in [6.07, 6.45) is 4.49. The van der Waals surface area contributed by atoms with E-state index in [-0.39, 0.29) is 11.8 Å². The average molecular weight is 442 g/mol. The lowest BCUT2D eigenvalue weighted by Gasteiger charge is -2.28. The van der Waals surface area contributed by atoms with E-state index >= 15 is 0 Å². The lowest BCUT2D eigenvalue weighted by atomic mass is 9.94. The van der Waals surface area contributed by atoms with Gasteiger partial charge in [0.15, 0.2) is 0 Å². The third kappa shape index (κ3) is 4.36. The van der Waals surface area contributed by atoms with Crippen LogP contribution in [-0.2, 0) is 9.53 Å². The molecular formula is C24H31N3O3S. The van der Waals surface area contributed by atoms with Crippen LogP contribution in [0.5, 0.6) is 0 Å². The summed E-state index contributed by atoms with van der Waals surface area (Å²) in [6.45, 7) is 6.63. The van der Waals surface area contributed by atoms with Crippen LogP contribution in [0.4, 0.5) is 0 Å². The van der Waals surface area contributed by atoms with Crippen LogP contribution in [-0.4, -0.2) is 85.5 Å². The Hall–Kier alpha value is -1.96. The Bertz CT molecular complexity index is 947. The molecule has 31 heavy (non-hydrogen) atoms. The summed E-state index contributed by atoms with van der Waals surface area (Å²) in [5.41, 5.74) is 1.20. The van der Waals surface area contributed by atoms with Gasteiger partial charge in [0.25, 0.3) is 5.91 Å². The van der Waals surface area contributed by atoms with Crippen molar-refractivity contribution in [2.75, 3.05) is 59.0 Å². The highest BCUT2D eigenvalue weighted by Gasteiger charge is 2.33. The fraction of sp³-hybridized carbons (Fsp3) is 0.583. The number of piperidine rings is 1. The summed E-state index contributed by atoms with van der Waals surface area (Å²) in [5, 5.41) is 1.21. The van der Waals surface area contributed by atoms with Crippen molar-refractivity contribution >= 4 is 33.2 Å². The van der Waals surface area contributed by atoms with E-state index in [0.717, 1.165) is 50.3 Å². The Balaban J connectivity index is 1.35. The zero-order chi connectivity index (χ0) is 21.2. The molecule has 166 valence electrons. The van der Waals surface area contributed by atoms with Gasteiger partial charge >= 0.3 is 0 Å². The smallest absolute Gasteiger partial charge is 0.264 e. The number of hydrogen-bond acceptors (Lipinski definition) is 5. The monoisotopic (exact) mass is 441 g/mol. The van der Waals surface area contributed by atoms with Crippen molar-refractivity contribution in [2.24, 2.45) is 0 Å². The second-order valence-corrected chi connectivity index (χ2v) is 9.96. The van der Waals surface area contributed by atoms with Gasteiger partial charge in [-0.15, -0.1) is 11.3 Å². The number of hydrogen-bond donors (Lipinski definition) is 0. The first-order chi connectivity index (χ1) is 15.2. The number of morpholine rings is 1. The first-order valence-corrected chi connectivity index (χ1v) is 12.4. The molecule has 1 atom stereocenters. The summed E-state index contributed by atoms with van der Waals surface area (Å²) in [7, 11) is 0. The molecule has 1 aromatic heterocycles. The van der Waals surface area contributed by atoms with E-state index in [1.54, 1.807) is 11.3 Å². The Kier molecular flexibility index (Phi) is 6.25. The van der Waals surface area contributed by atoms with E-state index in [2.05, 4.69) is 23.1 Å². The fourth-order valence-corrected chi connectivity index (χ4v) is 6.44. The number of thiophene rings is 1. The van der Waals surface area contributed by atoms with Crippen molar-refractivity contribution in [3.05, 3.63) is 34.7 Å². The first-order valence-electron chi connectivity index (χ1n) is 11.6. The van der Waals surface area contributed by atoms with Crippen LogP contribution in [0, 0.1) is 0 Å². The molecule has 0 radical (unpaired) electrons. The van der Waals surface area contributed by atoms with Crippen LogP contribution in [0.2, 0.25) is 0 Å². The summed E-state index contributed by atoms with van der Waals surface area (Å²) >= 11 is 1.62. The normalized spacial score (nSPS) is 22.9. The molecule has 4 heterocycles. The van der Waals surface area contributed by atoms with Gasteiger partial charge in [-0.25, -0.2) is 0 Å². The number of amides is 2. The van der Waals surface area contributed by atoms with Gasteiger partial charge in [-0.1, -0.05) is 18.2 Å². The third-order valence-electron chi connectivity index (χ3n) is 6.87. The van der Waals surface area contributed by atoms with E-state index in [4.69, 9.17) is 4.74 Å². The first kappa shape index (κ1) is 20.9. The van der Waals surface area contributed by atoms with E-state index < -0.39 is 0 Å². The highest BCUT2D eigenvalue weighted by atomic mass is 32.1. The molecule has 0 aliphatic carbocycles. The maximum Gasteiger partial charge on any atom is 0.264 e. The van der Waals surface area contributed by atoms with Gasteiger partial charge in [0, 0.05) is 43.3 Å². The summed E-state index contributed by atoms with van der Waals surface area (Å²) in [5.74, 6) is 0.702. The lowest BCUT2D eigenvalue weighted by Crippen LogP contribution is -2.42. The molecule has 0 bridgehead atoms. The van der Waals surface area contributed by atoms with E-state index in [0.29, 0.717) is 38.8 Å². The van der Waals surface area contributed by atoms with E-state index in [1.165, 1.54) is 22.1 Å². The SMILES string of the molecule is O=C(CN1CCC(c2c(C(=O)N3CCOCC3)sc3ccccc23)C1)N1CCCCC1. The van der Waals surface area contributed by atoms with E-state index in [9.17, 15) is 9.59 Å². The second-order valence-electron chi connectivity index (χ2n) is 8.91. The molecule has 3 saturated heterocycles. The van der Waals surface area contributed by atoms with Crippen LogP contribution in [0.15, 0.2) is 24.3 Å².